The lowest BCUT2D eigenvalue weighted by molar-refractivity contribution is -0.123. The van der Waals surface area contributed by atoms with Gasteiger partial charge in [0.1, 0.15) is 18.1 Å². The fraction of sp³-hybridized carbons (Fsp3) is 0.261. The van der Waals surface area contributed by atoms with E-state index in [2.05, 4.69) is 10.5 Å². The van der Waals surface area contributed by atoms with E-state index >= 15 is 0 Å². The minimum Gasteiger partial charge on any atom is -0.489 e. The third-order valence-corrected chi connectivity index (χ3v) is 4.93. The van der Waals surface area contributed by atoms with Crippen molar-refractivity contribution in [2.45, 2.75) is 33.5 Å². The van der Waals surface area contributed by atoms with Crippen molar-refractivity contribution in [1.82, 2.24) is 5.16 Å². The van der Waals surface area contributed by atoms with Crippen molar-refractivity contribution in [2.24, 2.45) is 0 Å². The number of rotatable bonds is 7. The van der Waals surface area contributed by atoms with Crippen LogP contribution in [0.5, 0.6) is 17.2 Å². The van der Waals surface area contributed by atoms with E-state index in [1.165, 1.54) is 6.92 Å². The van der Waals surface area contributed by atoms with Crippen LogP contribution in [0.3, 0.4) is 0 Å². The second-order valence-corrected chi connectivity index (χ2v) is 7.22. The molecule has 1 aromatic heterocycles. The molecule has 0 unspecified atom stereocenters. The molecule has 32 heavy (non-hydrogen) atoms. The number of hydrogen-bond acceptors (Lipinski definition) is 8. The second-order valence-electron chi connectivity index (χ2n) is 7.22. The number of anilines is 1. The van der Waals surface area contributed by atoms with Crippen LogP contribution in [-0.4, -0.2) is 29.9 Å². The molecule has 9 heteroatoms. The molecule has 0 radical (unpaired) electrons. The summed E-state index contributed by atoms with van der Waals surface area (Å²) in [6.45, 7) is 5.54. The maximum absolute atomic E-state index is 12.5. The zero-order chi connectivity index (χ0) is 22.7. The summed E-state index contributed by atoms with van der Waals surface area (Å²) in [4.78, 5) is 25.0. The van der Waals surface area contributed by atoms with E-state index in [1.807, 2.05) is 13.8 Å². The summed E-state index contributed by atoms with van der Waals surface area (Å²) in [6.07, 6.45) is -1.01. The predicted octanol–water partition coefficient (Wildman–Crippen LogP) is 3.78. The quantitative estimate of drug-likeness (QED) is 0.555. The van der Waals surface area contributed by atoms with Crippen LogP contribution in [0.15, 0.2) is 47.0 Å². The van der Waals surface area contributed by atoms with Crippen molar-refractivity contribution in [3.63, 3.8) is 0 Å². The fourth-order valence-electron chi connectivity index (χ4n) is 3.08. The molecule has 1 amide bonds. The van der Waals surface area contributed by atoms with Gasteiger partial charge in [-0.05, 0) is 51.1 Å². The first kappa shape index (κ1) is 21.2. The normalized spacial score (nSPS) is 12.8. The Kier molecular flexibility index (Phi) is 5.98. The molecule has 1 aliphatic rings. The van der Waals surface area contributed by atoms with Gasteiger partial charge < -0.3 is 28.8 Å². The first-order valence-corrected chi connectivity index (χ1v) is 9.97. The summed E-state index contributed by atoms with van der Waals surface area (Å²) in [5.41, 5.74) is 2.38. The smallest absolute Gasteiger partial charge is 0.339 e. The molecular formula is C23H22N2O7. The summed E-state index contributed by atoms with van der Waals surface area (Å²) in [7, 11) is 0. The largest absolute Gasteiger partial charge is 0.489 e. The molecule has 0 fully saturated rings. The van der Waals surface area contributed by atoms with Gasteiger partial charge in [0.05, 0.1) is 16.8 Å². The Morgan fingerprint density at radius 1 is 1.12 bits per heavy atom. The van der Waals surface area contributed by atoms with Gasteiger partial charge in [0, 0.05) is 11.8 Å². The minimum atomic E-state index is -1.01. The summed E-state index contributed by atoms with van der Waals surface area (Å²) in [5, 5.41) is 6.59. The number of aryl methyl sites for hydroxylation is 2. The number of carbonyl (C=O) groups is 2. The minimum absolute atomic E-state index is 0.141. The van der Waals surface area contributed by atoms with E-state index in [1.54, 1.807) is 42.5 Å². The maximum Gasteiger partial charge on any atom is 0.339 e. The summed E-state index contributed by atoms with van der Waals surface area (Å²) in [6, 6.07) is 11.6. The second kappa shape index (κ2) is 9.01. The highest BCUT2D eigenvalue weighted by Crippen LogP contribution is 2.34. The zero-order valence-corrected chi connectivity index (χ0v) is 17.8. The number of hydrogen-bond donors (Lipinski definition) is 1. The van der Waals surface area contributed by atoms with Crippen LogP contribution >= 0.6 is 0 Å². The van der Waals surface area contributed by atoms with Crippen molar-refractivity contribution in [2.75, 3.05) is 12.1 Å². The van der Waals surface area contributed by atoms with Crippen LogP contribution in [0.4, 0.5) is 5.69 Å². The average molecular weight is 438 g/mol. The molecule has 0 spiro atoms. The van der Waals surface area contributed by atoms with Crippen molar-refractivity contribution in [3.8, 4) is 17.2 Å². The van der Waals surface area contributed by atoms with E-state index in [-0.39, 0.29) is 19.0 Å². The Morgan fingerprint density at radius 2 is 1.94 bits per heavy atom. The Labute approximate surface area is 184 Å². The molecule has 3 aromatic rings. The highest BCUT2D eigenvalue weighted by atomic mass is 16.7. The molecule has 0 aliphatic carbocycles. The van der Waals surface area contributed by atoms with Crippen LogP contribution in [0, 0.1) is 13.8 Å². The number of fused-ring (bicyclic) bond motifs is 1. The van der Waals surface area contributed by atoms with Gasteiger partial charge in [-0.3, -0.25) is 4.79 Å². The molecule has 9 nitrogen and oxygen atoms in total. The van der Waals surface area contributed by atoms with Crippen LogP contribution in [0.25, 0.3) is 0 Å². The lowest BCUT2D eigenvalue weighted by atomic mass is 10.2. The van der Waals surface area contributed by atoms with Crippen LogP contribution in [0.1, 0.15) is 34.3 Å². The number of benzene rings is 2. The number of nitrogens with zero attached hydrogens (tertiary/aromatic N) is 1. The van der Waals surface area contributed by atoms with E-state index < -0.39 is 18.0 Å². The SMILES string of the molecule is Cc1noc(C)c1COc1cccc(C(=O)O[C@@H](C)C(=O)Nc2ccc3c(c2)OCO3)c1. The van der Waals surface area contributed by atoms with Crippen molar-refractivity contribution in [1.29, 1.82) is 0 Å². The zero-order valence-electron chi connectivity index (χ0n) is 17.8. The number of amides is 1. The number of esters is 1. The highest BCUT2D eigenvalue weighted by Gasteiger charge is 2.21. The van der Waals surface area contributed by atoms with E-state index in [9.17, 15) is 9.59 Å². The molecule has 0 bridgehead atoms. The Balaban J connectivity index is 1.34. The van der Waals surface area contributed by atoms with Gasteiger partial charge in [-0.2, -0.15) is 0 Å². The molecule has 166 valence electrons. The van der Waals surface area contributed by atoms with Crippen molar-refractivity contribution < 1.29 is 33.1 Å². The molecule has 1 aliphatic heterocycles. The van der Waals surface area contributed by atoms with E-state index in [4.69, 9.17) is 23.5 Å². The van der Waals surface area contributed by atoms with Gasteiger partial charge in [0.2, 0.25) is 6.79 Å². The van der Waals surface area contributed by atoms with Crippen molar-refractivity contribution in [3.05, 3.63) is 65.0 Å². The molecule has 0 saturated heterocycles. The van der Waals surface area contributed by atoms with Crippen LogP contribution in [0.2, 0.25) is 0 Å². The lowest BCUT2D eigenvalue weighted by Crippen LogP contribution is -2.30. The van der Waals surface area contributed by atoms with Gasteiger partial charge >= 0.3 is 5.97 Å². The number of ether oxygens (including phenoxy) is 4. The van der Waals surface area contributed by atoms with Gasteiger partial charge in [-0.25, -0.2) is 4.79 Å². The van der Waals surface area contributed by atoms with Gasteiger partial charge in [0.25, 0.3) is 5.91 Å². The van der Waals surface area contributed by atoms with Crippen LogP contribution in [-0.2, 0) is 16.1 Å². The summed E-state index contributed by atoms with van der Waals surface area (Å²) in [5.74, 6) is 1.21. The average Bonchev–Trinajstić information content (AvgIpc) is 3.38. The Hall–Kier alpha value is -4.01. The Bertz CT molecular complexity index is 1140. The lowest BCUT2D eigenvalue weighted by Gasteiger charge is -2.14. The van der Waals surface area contributed by atoms with Gasteiger partial charge in [-0.1, -0.05) is 11.2 Å². The molecule has 2 heterocycles. The standard InChI is InChI=1S/C23H22N2O7/c1-13-19(14(2)32-25-13)11-28-18-6-4-5-16(9-18)23(27)31-15(3)22(26)24-17-7-8-20-21(10-17)30-12-29-20/h4-10,15H,11-12H2,1-3H3,(H,24,26)/t15-/m0/s1. The molecule has 1 N–H and O–H groups in total. The first-order chi connectivity index (χ1) is 15.4. The van der Waals surface area contributed by atoms with E-state index in [0.29, 0.717) is 28.7 Å². The van der Waals surface area contributed by atoms with Crippen molar-refractivity contribution >= 4 is 17.6 Å². The third-order valence-electron chi connectivity index (χ3n) is 4.93. The molecule has 2 aromatic carbocycles. The summed E-state index contributed by atoms with van der Waals surface area (Å²) < 4.78 is 26.7. The molecule has 1 atom stereocenters. The molecule has 0 saturated carbocycles. The Morgan fingerprint density at radius 3 is 2.72 bits per heavy atom. The first-order valence-electron chi connectivity index (χ1n) is 9.97. The molecular weight excluding hydrogens is 416 g/mol. The number of aromatic nitrogens is 1. The molecule has 4 rings (SSSR count). The third kappa shape index (κ3) is 4.66. The maximum atomic E-state index is 12.5. The monoisotopic (exact) mass is 438 g/mol. The number of nitrogens with one attached hydrogen (secondary N) is 1. The topological polar surface area (TPSA) is 109 Å². The van der Waals surface area contributed by atoms with Gasteiger partial charge in [-0.15, -0.1) is 0 Å². The fourth-order valence-corrected chi connectivity index (χ4v) is 3.08. The summed E-state index contributed by atoms with van der Waals surface area (Å²) >= 11 is 0. The van der Waals surface area contributed by atoms with E-state index in [0.717, 1.165) is 11.3 Å². The van der Waals surface area contributed by atoms with Crippen LogP contribution < -0.4 is 19.5 Å². The number of carbonyl (C=O) groups excluding carboxylic acids is 2. The van der Waals surface area contributed by atoms with Gasteiger partial charge in [0.15, 0.2) is 17.6 Å². The highest BCUT2D eigenvalue weighted by molar-refractivity contribution is 5.97. The predicted molar refractivity (Wildman–Crippen MR) is 113 cm³/mol.